The maximum atomic E-state index is 13.3. The summed E-state index contributed by atoms with van der Waals surface area (Å²) in [5.41, 5.74) is 0.0625. The van der Waals surface area contributed by atoms with Crippen LogP contribution >= 0.6 is 11.6 Å². The largest absolute Gasteiger partial charge is 0.489 e. The number of carbonyl (C=O) groups is 1. The maximum absolute atomic E-state index is 13.3. The first-order chi connectivity index (χ1) is 7.40. The zero-order valence-corrected chi connectivity index (χ0v) is 9.71. The molecular weight excluding hydrogens is 235 g/mol. The van der Waals surface area contributed by atoms with Crippen LogP contribution in [0.1, 0.15) is 19.4 Å². The van der Waals surface area contributed by atoms with E-state index in [-0.39, 0.29) is 16.7 Å². The van der Waals surface area contributed by atoms with Gasteiger partial charge in [-0.25, -0.2) is 4.39 Å². The van der Waals surface area contributed by atoms with Crippen molar-refractivity contribution in [3.8, 4) is 5.75 Å². The molecule has 0 aliphatic heterocycles. The molecule has 1 aromatic carbocycles. The third kappa shape index (κ3) is 3.38. The third-order valence-electron chi connectivity index (χ3n) is 1.81. The first kappa shape index (κ1) is 12.8. The molecule has 16 heavy (non-hydrogen) atoms. The van der Waals surface area contributed by atoms with Crippen molar-refractivity contribution in [2.24, 2.45) is 0 Å². The lowest BCUT2D eigenvalue weighted by Crippen LogP contribution is -2.08. The highest BCUT2D eigenvalue weighted by Crippen LogP contribution is 2.28. The Labute approximate surface area is 97.8 Å². The molecule has 0 amide bonds. The average Bonchev–Trinajstić information content (AvgIpc) is 2.11. The van der Waals surface area contributed by atoms with Crippen LogP contribution in [0.15, 0.2) is 12.1 Å². The molecular formula is C11H12ClFO3. The molecule has 0 saturated heterocycles. The van der Waals surface area contributed by atoms with Crippen LogP contribution < -0.4 is 4.74 Å². The zero-order valence-electron chi connectivity index (χ0n) is 8.96. The van der Waals surface area contributed by atoms with Crippen molar-refractivity contribution in [2.45, 2.75) is 26.4 Å². The molecule has 0 heterocycles. The van der Waals surface area contributed by atoms with Crippen LogP contribution in [-0.4, -0.2) is 17.2 Å². The van der Waals surface area contributed by atoms with Crippen molar-refractivity contribution < 1.29 is 19.0 Å². The monoisotopic (exact) mass is 246 g/mol. The number of benzene rings is 1. The van der Waals surface area contributed by atoms with Gasteiger partial charge in [0.05, 0.1) is 17.5 Å². The molecule has 1 aromatic rings. The summed E-state index contributed by atoms with van der Waals surface area (Å²) in [6.07, 6.45) is -0.502. The molecule has 1 rings (SSSR count). The lowest BCUT2D eigenvalue weighted by atomic mass is 10.1. The molecule has 0 atom stereocenters. The summed E-state index contributed by atoms with van der Waals surface area (Å²) in [4.78, 5) is 10.5. The molecule has 0 spiro atoms. The quantitative estimate of drug-likeness (QED) is 0.889. The van der Waals surface area contributed by atoms with Crippen LogP contribution in [0.4, 0.5) is 4.39 Å². The lowest BCUT2D eigenvalue weighted by molar-refractivity contribution is -0.136. The minimum Gasteiger partial charge on any atom is -0.489 e. The van der Waals surface area contributed by atoms with Gasteiger partial charge >= 0.3 is 5.97 Å². The van der Waals surface area contributed by atoms with Crippen LogP contribution in [0.3, 0.4) is 0 Å². The third-order valence-corrected chi connectivity index (χ3v) is 2.10. The topological polar surface area (TPSA) is 46.5 Å². The predicted molar refractivity (Wildman–Crippen MR) is 58.5 cm³/mol. The van der Waals surface area contributed by atoms with Gasteiger partial charge in [0.1, 0.15) is 11.6 Å². The Bertz CT molecular complexity index is 404. The summed E-state index contributed by atoms with van der Waals surface area (Å²) in [7, 11) is 0. The number of carboxylic acids is 1. The van der Waals surface area contributed by atoms with Gasteiger partial charge in [0.25, 0.3) is 0 Å². The van der Waals surface area contributed by atoms with Gasteiger partial charge in [-0.1, -0.05) is 11.6 Å². The summed E-state index contributed by atoms with van der Waals surface area (Å²) in [6.45, 7) is 3.60. The second kappa shape index (κ2) is 5.16. The minimum absolute atomic E-state index is 0.0625. The van der Waals surface area contributed by atoms with Gasteiger partial charge in [0.15, 0.2) is 0 Å². The predicted octanol–water partition coefficient (Wildman–Crippen LogP) is 2.89. The molecule has 0 radical (unpaired) electrons. The Morgan fingerprint density at radius 1 is 1.56 bits per heavy atom. The average molecular weight is 247 g/mol. The van der Waals surface area contributed by atoms with E-state index in [1.54, 1.807) is 13.8 Å². The van der Waals surface area contributed by atoms with Crippen LogP contribution in [0.25, 0.3) is 0 Å². The minimum atomic E-state index is -1.10. The number of hydrogen-bond donors (Lipinski definition) is 1. The highest BCUT2D eigenvalue weighted by molar-refractivity contribution is 6.32. The molecule has 0 bridgehead atoms. The van der Waals surface area contributed by atoms with Gasteiger partial charge < -0.3 is 9.84 Å². The van der Waals surface area contributed by atoms with E-state index >= 15 is 0 Å². The molecule has 0 unspecified atom stereocenters. The number of rotatable bonds is 4. The van der Waals surface area contributed by atoms with E-state index in [0.717, 1.165) is 6.07 Å². The molecule has 0 aliphatic carbocycles. The number of ether oxygens (including phenoxy) is 1. The van der Waals surface area contributed by atoms with Crippen LogP contribution in [0, 0.1) is 5.82 Å². The Hall–Kier alpha value is -1.29. The molecule has 5 heteroatoms. The summed E-state index contributed by atoms with van der Waals surface area (Å²) in [6, 6.07) is 2.39. The number of halogens is 2. The fourth-order valence-electron chi connectivity index (χ4n) is 1.21. The molecule has 0 aromatic heterocycles. The Morgan fingerprint density at radius 3 is 2.69 bits per heavy atom. The molecule has 0 fully saturated rings. The summed E-state index contributed by atoms with van der Waals surface area (Å²) in [5.74, 6) is -1.44. The van der Waals surface area contributed by atoms with Crippen molar-refractivity contribution >= 4 is 17.6 Å². The SMILES string of the molecule is CC(C)Oc1cc(CC(=O)O)c(F)cc1Cl. The second-order valence-electron chi connectivity index (χ2n) is 3.61. The van der Waals surface area contributed by atoms with Crippen LogP contribution in [0.2, 0.25) is 5.02 Å². The first-order valence-corrected chi connectivity index (χ1v) is 5.14. The summed E-state index contributed by atoms with van der Waals surface area (Å²) >= 11 is 5.77. The first-order valence-electron chi connectivity index (χ1n) is 4.76. The van der Waals surface area contributed by atoms with Crippen LogP contribution in [-0.2, 0) is 11.2 Å². The number of hydrogen-bond acceptors (Lipinski definition) is 2. The van der Waals surface area contributed by atoms with Gasteiger partial charge in [-0.2, -0.15) is 0 Å². The summed E-state index contributed by atoms with van der Waals surface area (Å²) in [5, 5.41) is 8.73. The molecule has 0 aliphatic rings. The van der Waals surface area contributed by atoms with E-state index < -0.39 is 18.2 Å². The standard InChI is InChI=1S/C11H12ClFO3/c1-6(2)16-10-3-7(4-11(14)15)9(13)5-8(10)12/h3,5-6H,4H2,1-2H3,(H,14,15). The van der Waals surface area contributed by atoms with E-state index in [1.165, 1.54) is 6.07 Å². The second-order valence-corrected chi connectivity index (χ2v) is 4.02. The Balaban J connectivity index is 3.05. The van der Waals surface area contributed by atoms with E-state index in [2.05, 4.69) is 0 Å². The summed E-state index contributed by atoms with van der Waals surface area (Å²) < 4.78 is 18.7. The molecule has 88 valence electrons. The van der Waals surface area contributed by atoms with Gasteiger partial charge in [0.2, 0.25) is 0 Å². The fourth-order valence-corrected chi connectivity index (χ4v) is 1.41. The number of aliphatic carboxylic acids is 1. The van der Waals surface area contributed by atoms with Crippen molar-refractivity contribution in [1.82, 2.24) is 0 Å². The van der Waals surface area contributed by atoms with E-state index in [1.807, 2.05) is 0 Å². The van der Waals surface area contributed by atoms with Crippen molar-refractivity contribution in [1.29, 1.82) is 0 Å². The van der Waals surface area contributed by atoms with Crippen molar-refractivity contribution in [2.75, 3.05) is 0 Å². The van der Waals surface area contributed by atoms with Gasteiger partial charge in [-0.05, 0) is 26.0 Å². The zero-order chi connectivity index (χ0) is 12.3. The Morgan fingerprint density at radius 2 is 2.19 bits per heavy atom. The normalized spacial score (nSPS) is 10.6. The van der Waals surface area contributed by atoms with Crippen molar-refractivity contribution in [3.63, 3.8) is 0 Å². The van der Waals surface area contributed by atoms with Gasteiger partial charge in [-0.3, -0.25) is 4.79 Å². The van der Waals surface area contributed by atoms with Crippen molar-refractivity contribution in [3.05, 3.63) is 28.5 Å². The number of carboxylic acid groups (broad SMARTS) is 1. The fraction of sp³-hybridized carbons (Fsp3) is 0.364. The molecule has 0 saturated carbocycles. The maximum Gasteiger partial charge on any atom is 0.307 e. The highest BCUT2D eigenvalue weighted by atomic mass is 35.5. The smallest absolute Gasteiger partial charge is 0.307 e. The van der Waals surface area contributed by atoms with Gasteiger partial charge in [0, 0.05) is 5.56 Å². The van der Waals surface area contributed by atoms with E-state index in [9.17, 15) is 9.18 Å². The Kier molecular flexibility index (Phi) is 4.12. The van der Waals surface area contributed by atoms with E-state index in [4.69, 9.17) is 21.4 Å². The lowest BCUT2D eigenvalue weighted by Gasteiger charge is -2.12. The van der Waals surface area contributed by atoms with Crippen LogP contribution in [0.5, 0.6) is 5.75 Å². The van der Waals surface area contributed by atoms with Gasteiger partial charge in [-0.15, -0.1) is 0 Å². The molecule has 3 nitrogen and oxygen atoms in total. The molecule has 1 N–H and O–H groups in total. The van der Waals surface area contributed by atoms with E-state index in [0.29, 0.717) is 5.75 Å². The highest BCUT2D eigenvalue weighted by Gasteiger charge is 2.13.